The van der Waals surface area contributed by atoms with Gasteiger partial charge in [-0.25, -0.2) is 4.98 Å². The van der Waals surface area contributed by atoms with Crippen LogP contribution in [0.25, 0.3) is 17.7 Å². The molecule has 8 nitrogen and oxygen atoms in total. The number of amides is 1. The zero-order valence-corrected chi connectivity index (χ0v) is 23.4. The lowest BCUT2D eigenvalue weighted by Gasteiger charge is -2.34. The number of pyridine rings is 1. The topological polar surface area (TPSA) is 126 Å². The van der Waals surface area contributed by atoms with Crippen molar-refractivity contribution in [3.8, 4) is 0 Å². The van der Waals surface area contributed by atoms with Gasteiger partial charge in [-0.3, -0.25) is 14.7 Å². The zero-order chi connectivity index (χ0) is 28.3. The van der Waals surface area contributed by atoms with E-state index in [0.717, 1.165) is 62.3 Å². The maximum absolute atomic E-state index is 12.8. The highest BCUT2D eigenvalue weighted by molar-refractivity contribution is 6.20. The number of nitrogens with one attached hydrogen (secondary N) is 2. The van der Waals surface area contributed by atoms with Gasteiger partial charge in [-0.05, 0) is 74.9 Å². The monoisotopic (exact) mass is 539 g/mol. The average Bonchev–Trinajstić information content (AvgIpc) is 3.37. The van der Waals surface area contributed by atoms with Crippen molar-refractivity contribution in [2.75, 3.05) is 18.8 Å². The summed E-state index contributed by atoms with van der Waals surface area (Å²) in [6.07, 6.45) is 15.1. The van der Waals surface area contributed by atoms with Crippen molar-refractivity contribution in [1.29, 1.82) is 0 Å². The van der Waals surface area contributed by atoms with Crippen molar-refractivity contribution >= 4 is 29.3 Å². The summed E-state index contributed by atoms with van der Waals surface area (Å²) in [5.74, 6) is 0.697. The normalized spacial score (nSPS) is 15.3. The van der Waals surface area contributed by atoms with Gasteiger partial charge >= 0.3 is 0 Å². The highest BCUT2D eigenvalue weighted by Gasteiger charge is 2.28. The maximum atomic E-state index is 12.8. The smallest absolute Gasteiger partial charge is 0.253 e. The minimum atomic E-state index is -0.220. The standard InChI is InChI=1S/C32H41N7O/c1-3-5-16-28-27(4-2)37-30(38-28)22-39(29-17-10-12-23-13-11-19-35-31(23)29)20-9-8-18-36-32(40)25(21-33)24-14-6-7-15-26(24)34/h4-7,11,13-16,19,21,29H,2-3,8-10,12,17-18,20,22,33-34H2,1H3,(H,36,40)(H,37,38)/b16-5-,25-21+. The van der Waals surface area contributed by atoms with E-state index in [-0.39, 0.29) is 11.9 Å². The van der Waals surface area contributed by atoms with E-state index >= 15 is 0 Å². The number of aromatic nitrogens is 3. The van der Waals surface area contributed by atoms with Crippen LogP contribution < -0.4 is 16.8 Å². The number of rotatable bonds is 13. The van der Waals surface area contributed by atoms with Crippen LogP contribution >= 0.6 is 0 Å². The second-order valence-corrected chi connectivity index (χ2v) is 10.1. The molecule has 0 spiro atoms. The molecular formula is C32H41N7O. The summed E-state index contributed by atoms with van der Waals surface area (Å²) < 4.78 is 0. The number of aromatic amines is 1. The summed E-state index contributed by atoms with van der Waals surface area (Å²) in [4.78, 5) is 28.4. The number of H-pyrrole nitrogens is 1. The number of anilines is 1. The SMILES string of the molecule is C=Cc1[nH]c(CN(CCCCNC(=O)/C(=C/N)c2ccccc2N)C2CCCc3cccnc32)nc1/C=C\CC. The number of hydrogen-bond acceptors (Lipinski definition) is 6. The van der Waals surface area contributed by atoms with Gasteiger partial charge in [0.05, 0.1) is 35.2 Å². The van der Waals surface area contributed by atoms with Crippen LogP contribution in [0.2, 0.25) is 0 Å². The summed E-state index contributed by atoms with van der Waals surface area (Å²) in [5.41, 5.74) is 17.7. The third kappa shape index (κ3) is 7.07. The van der Waals surface area contributed by atoms with Gasteiger partial charge in [-0.1, -0.05) is 43.8 Å². The van der Waals surface area contributed by atoms with Crippen molar-refractivity contribution in [1.82, 2.24) is 25.2 Å². The molecule has 0 bridgehead atoms. The Morgan fingerprint density at radius 2 is 2.10 bits per heavy atom. The number of nitrogens with zero attached hydrogens (tertiary/aromatic N) is 3. The van der Waals surface area contributed by atoms with Crippen LogP contribution in [0.4, 0.5) is 5.69 Å². The highest BCUT2D eigenvalue weighted by atomic mass is 16.1. The lowest BCUT2D eigenvalue weighted by Crippen LogP contribution is -2.33. The molecule has 4 rings (SSSR count). The van der Waals surface area contributed by atoms with E-state index in [1.165, 1.54) is 17.5 Å². The van der Waals surface area contributed by atoms with Gasteiger partial charge in [0.1, 0.15) is 5.82 Å². The van der Waals surface area contributed by atoms with Crippen LogP contribution in [-0.2, 0) is 17.8 Å². The Labute approximate surface area is 237 Å². The fourth-order valence-corrected chi connectivity index (χ4v) is 5.28. The molecule has 40 heavy (non-hydrogen) atoms. The van der Waals surface area contributed by atoms with Crippen LogP contribution in [0.15, 0.2) is 61.4 Å². The second-order valence-electron chi connectivity index (χ2n) is 10.1. The molecule has 1 aliphatic carbocycles. The number of unbranched alkanes of at least 4 members (excludes halogenated alkanes) is 1. The molecule has 0 saturated heterocycles. The minimum Gasteiger partial charge on any atom is -0.404 e. The van der Waals surface area contributed by atoms with E-state index in [0.29, 0.717) is 29.9 Å². The number of hydrogen-bond donors (Lipinski definition) is 4. The Balaban J connectivity index is 1.42. The molecule has 1 amide bonds. The van der Waals surface area contributed by atoms with Gasteiger partial charge in [0, 0.05) is 30.2 Å². The van der Waals surface area contributed by atoms with E-state index in [1.807, 2.05) is 30.5 Å². The zero-order valence-electron chi connectivity index (χ0n) is 23.4. The molecule has 0 saturated carbocycles. The van der Waals surface area contributed by atoms with Crippen molar-refractivity contribution < 1.29 is 4.79 Å². The third-order valence-electron chi connectivity index (χ3n) is 7.30. The van der Waals surface area contributed by atoms with Crippen LogP contribution in [0, 0.1) is 0 Å². The van der Waals surface area contributed by atoms with E-state index < -0.39 is 0 Å². The number of nitrogens with two attached hydrogens (primary N) is 2. The Hall–Kier alpha value is -4.17. The van der Waals surface area contributed by atoms with Crippen molar-refractivity contribution in [3.05, 3.63) is 95.5 Å². The Morgan fingerprint density at radius 3 is 2.88 bits per heavy atom. The number of aryl methyl sites for hydroxylation is 1. The van der Waals surface area contributed by atoms with Crippen molar-refractivity contribution in [3.63, 3.8) is 0 Å². The van der Waals surface area contributed by atoms with Gasteiger partial charge in [0.15, 0.2) is 0 Å². The summed E-state index contributed by atoms with van der Waals surface area (Å²) >= 11 is 0. The van der Waals surface area contributed by atoms with Crippen LogP contribution in [0.1, 0.15) is 79.1 Å². The van der Waals surface area contributed by atoms with Gasteiger partial charge in [-0.15, -0.1) is 0 Å². The molecule has 1 unspecified atom stereocenters. The number of nitrogen functional groups attached to an aromatic ring is 1. The van der Waals surface area contributed by atoms with Gasteiger partial charge in [-0.2, -0.15) is 0 Å². The maximum Gasteiger partial charge on any atom is 0.253 e. The number of para-hydroxylation sites is 1. The molecular weight excluding hydrogens is 498 g/mol. The van der Waals surface area contributed by atoms with Crippen molar-refractivity contribution in [2.24, 2.45) is 5.73 Å². The molecule has 210 valence electrons. The van der Waals surface area contributed by atoms with Gasteiger partial charge in [0.2, 0.25) is 0 Å². The fraction of sp³-hybridized carbons (Fsp3) is 0.344. The highest BCUT2D eigenvalue weighted by Crippen LogP contribution is 2.34. The predicted octanol–water partition coefficient (Wildman–Crippen LogP) is 5.23. The first kappa shape index (κ1) is 28.8. The van der Waals surface area contributed by atoms with Crippen LogP contribution in [0.3, 0.4) is 0 Å². The third-order valence-corrected chi connectivity index (χ3v) is 7.30. The Kier molecular flexibility index (Phi) is 10.3. The minimum absolute atomic E-state index is 0.220. The molecule has 0 fully saturated rings. The van der Waals surface area contributed by atoms with Gasteiger partial charge < -0.3 is 21.8 Å². The summed E-state index contributed by atoms with van der Waals surface area (Å²) in [5, 5.41) is 3.01. The lowest BCUT2D eigenvalue weighted by atomic mass is 9.90. The van der Waals surface area contributed by atoms with Crippen LogP contribution in [-0.4, -0.2) is 38.8 Å². The average molecular weight is 540 g/mol. The van der Waals surface area contributed by atoms with Crippen LogP contribution in [0.5, 0.6) is 0 Å². The number of benzene rings is 1. The second kappa shape index (κ2) is 14.3. The summed E-state index contributed by atoms with van der Waals surface area (Å²) in [7, 11) is 0. The molecule has 2 heterocycles. The van der Waals surface area contributed by atoms with E-state index in [2.05, 4.69) is 46.9 Å². The Morgan fingerprint density at radius 1 is 1.25 bits per heavy atom. The number of allylic oxidation sites excluding steroid dienone is 1. The molecule has 3 aromatic rings. The largest absolute Gasteiger partial charge is 0.404 e. The molecule has 2 aromatic heterocycles. The fourth-order valence-electron chi connectivity index (χ4n) is 5.28. The van der Waals surface area contributed by atoms with E-state index in [1.54, 1.807) is 12.1 Å². The Bertz CT molecular complexity index is 1360. The first-order chi connectivity index (χ1) is 19.5. The molecule has 1 atom stereocenters. The number of carbonyl (C=O) groups excluding carboxylic acids is 1. The molecule has 1 aliphatic rings. The number of imidazole rings is 1. The molecule has 1 aromatic carbocycles. The first-order valence-electron chi connectivity index (χ1n) is 14.2. The van der Waals surface area contributed by atoms with E-state index in [4.69, 9.17) is 21.4 Å². The molecule has 0 radical (unpaired) electrons. The quantitative estimate of drug-likeness (QED) is 0.134. The van der Waals surface area contributed by atoms with Gasteiger partial charge in [0.25, 0.3) is 5.91 Å². The summed E-state index contributed by atoms with van der Waals surface area (Å²) in [6.45, 7) is 8.15. The molecule has 8 heteroatoms. The number of fused-ring (bicyclic) bond motifs is 1. The number of carbonyl (C=O) groups is 1. The molecule has 0 aliphatic heterocycles. The molecule has 6 N–H and O–H groups in total. The predicted molar refractivity (Wildman–Crippen MR) is 164 cm³/mol. The van der Waals surface area contributed by atoms with Crippen molar-refractivity contribution in [2.45, 2.75) is 58.0 Å². The first-order valence-corrected chi connectivity index (χ1v) is 14.2. The lowest BCUT2D eigenvalue weighted by molar-refractivity contribution is -0.115. The van der Waals surface area contributed by atoms with E-state index in [9.17, 15) is 4.79 Å². The summed E-state index contributed by atoms with van der Waals surface area (Å²) in [6, 6.07) is 11.7.